The maximum Gasteiger partial charge on any atom is 0.125 e. The molecule has 4 rings (SSSR count). The molecule has 0 radical (unpaired) electrons. The second kappa shape index (κ2) is 8.52. The average molecular weight is 378 g/mol. The molecule has 0 amide bonds. The number of benzene rings is 2. The lowest BCUT2D eigenvalue weighted by Crippen LogP contribution is -2.42. The van der Waals surface area contributed by atoms with Crippen molar-refractivity contribution in [3.8, 4) is 6.07 Å². The fourth-order valence-corrected chi connectivity index (χ4v) is 4.32. The highest BCUT2D eigenvalue weighted by atomic mass is 19.1. The van der Waals surface area contributed by atoms with Crippen LogP contribution >= 0.6 is 0 Å². The van der Waals surface area contributed by atoms with E-state index in [0.29, 0.717) is 5.56 Å². The lowest BCUT2D eigenvalue weighted by molar-refractivity contribution is 0.528. The normalized spacial score (nSPS) is 19.9. The van der Waals surface area contributed by atoms with E-state index >= 15 is 0 Å². The molecule has 0 saturated carbocycles. The van der Waals surface area contributed by atoms with E-state index in [1.54, 1.807) is 12.1 Å². The fourth-order valence-electron chi connectivity index (χ4n) is 4.32. The first-order valence-corrected chi connectivity index (χ1v) is 10.3. The second-order valence-electron chi connectivity index (χ2n) is 7.80. The maximum absolute atomic E-state index is 13.6. The molecule has 1 atom stereocenters. The summed E-state index contributed by atoms with van der Waals surface area (Å²) in [6.45, 7) is 3.91. The van der Waals surface area contributed by atoms with Gasteiger partial charge in [0, 0.05) is 43.6 Å². The Morgan fingerprint density at radius 3 is 2.50 bits per heavy atom. The minimum atomic E-state index is -0.200. The van der Waals surface area contributed by atoms with E-state index < -0.39 is 0 Å². The highest BCUT2D eigenvalue weighted by Crippen LogP contribution is 2.28. The van der Waals surface area contributed by atoms with Gasteiger partial charge in [-0.05, 0) is 68.5 Å². The summed E-state index contributed by atoms with van der Waals surface area (Å²) in [4.78, 5) is 4.64. The van der Waals surface area contributed by atoms with E-state index in [-0.39, 0.29) is 11.9 Å². The van der Waals surface area contributed by atoms with E-state index in [0.717, 1.165) is 50.4 Å². The molecule has 2 fully saturated rings. The first-order chi connectivity index (χ1) is 13.7. The van der Waals surface area contributed by atoms with Crippen LogP contribution in [0, 0.1) is 17.1 Å². The molecule has 1 N–H and O–H groups in total. The zero-order valence-electron chi connectivity index (χ0n) is 16.2. The summed E-state index contributed by atoms with van der Waals surface area (Å²) < 4.78 is 13.6. The first kappa shape index (κ1) is 18.6. The Balaban J connectivity index is 1.50. The SMILES string of the molecule is N#Cc1ccc(N2CCCCC2)cc1N[C@@H]1CCCN(c2cccc(F)c2)C1. The van der Waals surface area contributed by atoms with Crippen LogP contribution in [0.3, 0.4) is 0 Å². The second-order valence-corrected chi connectivity index (χ2v) is 7.80. The standard InChI is InChI=1S/C23H27FN4/c24-19-6-4-8-21(14-19)28-13-5-7-20(17-28)26-23-15-22(10-9-18(23)16-25)27-11-2-1-3-12-27/h4,6,8-10,14-15,20,26H,1-3,5,7,11-13,17H2/t20-/m1/s1. The summed E-state index contributed by atoms with van der Waals surface area (Å²) in [6.07, 6.45) is 5.85. The Bertz CT molecular complexity index is 854. The molecular formula is C23H27FN4. The van der Waals surface area contributed by atoms with Crippen molar-refractivity contribution in [1.29, 1.82) is 5.26 Å². The molecule has 0 spiro atoms. The molecule has 28 heavy (non-hydrogen) atoms. The molecule has 2 aliphatic rings. The first-order valence-electron chi connectivity index (χ1n) is 10.3. The van der Waals surface area contributed by atoms with Gasteiger partial charge in [0.15, 0.2) is 0 Å². The molecule has 2 heterocycles. The van der Waals surface area contributed by atoms with Gasteiger partial charge in [-0.15, -0.1) is 0 Å². The van der Waals surface area contributed by atoms with Crippen LogP contribution in [-0.2, 0) is 0 Å². The molecule has 0 aliphatic carbocycles. The van der Waals surface area contributed by atoms with E-state index in [1.165, 1.54) is 31.0 Å². The van der Waals surface area contributed by atoms with Crippen LogP contribution < -0.4 is 15.1 Å². The number of halogens is 1. The molecule has 146 valence electrons. The summed E-state index contributed by atoms with van der Waals surface area (Å²) in [5.41, 5.74) is 3.72. The van der Waals surface area contributed by atoms with Crippen LogP contribution in [0.4, 0.5) is 21.5 Å². The zero-order valence-corrected chi connectivity index (χ0v) is 16.2. The number of nitrogens with one attached hydrogen (secondary N) is 1. The van der Waals surface area contributed by atoms with Crippen LogP contribution in [0.25, 0.3) is 0 Å². The Hall–Kier alpha value is -2.74. The Kier molecular flexibility index (Phi) is 5.66. The number of piperidine rings is 2. The monoisotopic (exact) mass is 378 g/mol. The third-order valence-corrected chi connectivity index (χ3v) is 5.80. The molecular weight excluding hydrogens is 351 g/mol. The van der Waals surface area contributed by atoms with Gasteiger partial charge in [0.25, 0.3) is 0 Å². The van der Waals surface area contributed by atoms with Gasteiger partial charge >= 0.3 is 0 Å². The fraction of sp³-hybridized carbons (Fsp3) is 0.435. The molecule has 0 bridgehead atoms. The molecule has 2 saturated heterocycles. The maximum atomic E-state index is 13.6. The van der Waals surface area contributed by atoms with Gasteiger partial charge in [0.05, 0.1) is 11.3 Å². The Morgan fingerprint density at radius 2 is 1.71 bits per heavy atom. The van der Waals surface area contributed by atoms with E-state index in [4.69, 9.17) is 0 Å². The third-order valence-electron chi connectivity index (χ3n) is 5.80. The Morgan fingerprint density at radius 1 is 0.929 bits per heavy atom. The largest absolute Gasteiger partial charge is 0.379 e. The topological polar surface area (TPSA) is 42.3 Å². The number of hydrogen-bond acceptors (Lipinski definition) is 4. The summed E-state index contributed by atoms with van der Waals surface area (Å²) in [6, 6.07) is 15.5. The molecule has 2 aliphatic heterocycles. The van der Waals surface area contributed by atoms with Crippen LogP contribution in [0.2, 0.25) is 0 Å². The predicted molar refractivity (Wildman–Crippen MR) is 112 cm³/mol. The van der Waals surface area contributed by atoms with Crippen molar-refractivity contribution in [2.24, 2.45) is 0 Å². The van der Waals surface area contributed by atoms with Crippen molar-refractivity contribution in [1.82, 2.24) is 0 Å². The van der Waals surface area contributed by atoms with Crippen molar-refractivity contribution in [2.75, 3.05) is 41.3 Å². The lowest BCUT2D eigenvalue weighted by Gasteiger charge is -2.36. The van der Waals surface area contributed by atoms with E-state index in [2.05, 4.69) is 33.3 Å². The van der Waals surface area contributed by atoms with Crippen molar-refractivity contribution >= 4 is 17.1 Å². The predicted octanol–water partition coefficient (Wildman–Crippen LogP) is 4.77. The summed E-state index contributed by atoms with van der Waals surface area (Å²) >= 11 is 0. The average Bonchev–Trinajstić information content (AvgIpc) is 2.74. The van der Waals surface area contributed by atoms with E-state index in [9.17, 15) is 9.65 Å². The smallest absolute Gasteiger partial charge is 0.125 e. The van der Waals surface area contributed by atoms with Crippen LogP contribution in [0.15, 0.2) is 42.5 Å². The van der Waals surface area contributed by atoms with Crippen molar-refractivity contribution < 1.29 is 4.39 Å². The number of rotatable bonds is 4. The highest BCUT2D eigenvalue weighted by molar-refractivity contribution is 5.66. The number of nitrogens with zero attached hydrogens (tertiary/aromatic N) is 3. The van der Waals surface area contributed by atoms with Gasteiger partial charge in [0.1, 0.15) is 11.9 Å². The Labute approximate surface area is 166 Å². The van der Waals surface area contributed by atoms with Crippen LogP contribution in [0.5, 0.6) is 0 Å². The molecule has 5 heteroatoms. The van der Waals surface area contributed by atoms with Gasteiger partial charge < -0.3 is 15.1 Å². The van der Waals surface area contributed by atoms with Gasteiger partial charge in [-0.1, -0.05) is 6.07 Å². The van der Waals surface area contributed by atoms with Crippen molar-refractivity contribution in [2.45, 2.75) is 38.1 Å². The van der Waals surface area contributed by atoms with Crippen molar-refractivity contribution in [3.05, 3.63) is 53.8 Å². The van der Waals surface area contributed by atoms with Gasteiger partial charge in [-0.3, -0.25) is 0 Å². The van der Waals surface area contributed by atoms with Gasteiger partial charge in [-0.25, -0.2) is 4.39 Å². The summed E-state index contributed by atoms with van der Waals surface area (Å²) in [7, 11) is 0. The van der Waals surface area contributed by atoms with Crippen molar-refractivity contribution in [3.63, 3.8) is 0 Å². The molecule has 4 nitrogen and oxygen atoms in total. The molecule has 2 aromatic rings. The van der Waals surface area contributed by atoms with E-state index in [1.807, 2.05) is 12.1 Å². The number of hydrogen-bond donors (Lipinski definition) is 1. The van der Waals surface area contributed by atoms with Crippen LogP contribution in [0.1, 0.15) is 37.7 Å². The minimum absolute atomic E-state index is 0.200. The number of anilines is 3. The minimum Gasteiger partial charge on any atom is -0.379 e. The van der Waals surface area contributed by atoms with Gasteiger partial charge in [0.2, 0.25) is 0 Å². The molecule has 2 aromatic carbocycles. The van der Waals surface area contributed by atoms with Crippen LogP contribution in [-0.4, -0.2) is 32.2 Å². The van der Waals surface area contributed by atoms with Gasteiger partial charge in [-0.2, -0.15) is 5.26 Å². The lowest BCUT2D eigenvalue weighted by atomic mass is 10.0. The quantitative estimate of drug-likeness (QED) is 0.832. The number of nitriles is 1. The molecule has 0 unspecified atom stereocenters. The summed E-state index contributed by atoms with van der Waals surface area (Å²) in [5, 5.41) is 13.2. The zero-order chi connectivity index (χ0) is 19.3. The third kappa shape index (κ3) is 4.22. The molecule has 0 aromatic heterocycles. The highest BCUT2D eigenvalue weighted by Gasteiger charge is 2.22. The summed E-state index contributed by atoms with van der Waals surface area (Å²) in [5.74, 6) is -0.200.